The number of dihydropyridines is 1. The Morgan fingerprint density at radius 1 is 0.931 bits per heavy atom. The molecule has 2 fully saturated rings. The predicted octanol–water partition coefficient (Wildman–Crippen LogP) is 5.58. The molecular weight excluding hydrogens is 354 g/mol. The molecule has 1 aromatic heterocycles. The summed E-state index contributed by atoms with van der Waals surface area (Å²) in [5.74, 6) is 0.735. The van der Waals surface area contributed by atoms with Crippen molar-refractivity contribution in [2.45, 2.75) is 103 Å². The van der Waals surface area contributed by atoms with Crippen LogP contribution >= 0.6 is 0 Å². The van der Waals surface area contributed by atoms with E-state index in [0.29, 0.717) is 6.04 Å². The Bertz CT molecular complexity index is 855. The molecule has 3 aliphatic carbocycles. The molecule has 2 heterocycles. The highest BCUT2D eigenvalue weighted by Gasteiger charge is 2.24. The molecule has 1 aromatic rings. The van der Waals surface area contributed by atoms with Crippen molar-refractivity contribution in [1.82, 2.24) is 15.5 Å². The zero-order chi connectivity index (χ0) is 20.1. The fourth-order valence-corrected chi connectivity index (χ4v) is 5.41. The number of nitrogens with one attached hydrogen (secondary N) is 2. The van der Waals surface area contributed by atoms with E-state index in [1.807, 2.05) is 0 Å². The summed E-state index contributed by atoms with van der Waals surface area (Å²) in [6, 6.07) is 0.332. The summed E-state index contributed by atoms with van der Waals surface area (Å²) in [5, 5.41) is 14.2. The summed E-state index contributed by atoms with van der Waals surface area (Å²) in [6.45, 7) is 4.51. The van der Waals surface area contributed by atoms with Crippen LogP contribution in [0.15, 0.2) is 17.8 Å². The molecule has 0 radical (unpaired) electrons. The smallest absolute Gasteiger partial charge is 0.0979 e. The SMILES string of the molecule is C1CCCCC1.CC1=c2c(C3=CC=C(C4CCCCC4)NC3C)n[nH]c2=CCC1.[HH]. The quantitative estimate of drug-likeness (QED) is 0.686. The van der Waals surface area contributed by atoms with Crippen LogP contribution in [0.1, 0.15) is 104 Å². The van der Waals surface area contributed by atoms with Gasteiger partial charge in [0.05, 0.1) is 17.1 Å². The van der Waals surface area contributed by atoms with Crippen LogP contribution in [0.25, 0.3) is 17.2 Å². The first kappa shape index (κ1) is 20.5. The van der Waals surface area contributed by atoms with E-state index >= 15 is 0 Å². The molecule has 4 aliphatic rings. The molecule has 0 amide bonds. The molecular formula is C26H41N3. The van der Waals surface area contributed by atoms with E-state index < -0.39 is 0 Å². The van der Waals surface area contributed by atoms with Crippen molar-refractivity contribution >= 4 is 17.2 Å². The Balaban J connectivity index is 0.000000317. The molecule has 1 unspecified atom stereocenters. The predicted molar refractivity (Wildman–Crippen MR) is 126 cm³/mol. The Morgan fingerprint density at radius 3 is 2.24 bits per heavy atom. The van der Waals surface area contributed by atoms with Gasteiger partial charge in [0.25, 0.3) is 0 Å². The average Bonchev–Trinajstić information content (AvgIpc) is 3.21. The first-order valence-electron chi connectivity index (χ1n) is 12.2. The largest absolute Gasteiger partial charge is 0.382 e. The van der Waals surface area contributed by atoms with E-state index in [-0.39, 0.29) is 1.43 Å². The number of rotatable bonds is 2. The first-order valence-corrected chi connectivity index (χ1v) is 12.2. The lowest BCUT2D eigenvalue weighted by molar-refractivity contribution is 0.382. The van der Waals surface area contributed by atoms with E-state index in [1.165, 1.54) is 98.0 Å². The van der Waals surface area contributed by atoms with Gasteiger partial charge in [-0.15, -0.1) is 0 Å². The van der Waals surface area contributed by atoms with Crippen molar-refractivity contribution in [2.24, 2.45) is 5.92 Å². The molecule has 2 N–H and O–H groups in total. The number of aromatic amines is 1. The lowest BCUT2D eigenvalue weighted by atomic mass is 9.84. The molecule has 0 aromatic carbocycles. The van der Waals surface area contributed by atoms with Crippen LogP contribution in [0.5, 0.6) is 0 Å². The fraction of sp³-hybridized carbons (Fsp3) is 0.654. The molecule has 5 rings (SSSR count). The van der Waals surface area contributed by atoms with Crippen molar-refractivity contribution in [1.29, 1.82) is 0 Å². The van der Waals surface area contributed by atoms with Crippen molar-refractivity contribution < 1.29 is 1.43 Å². The van der Waals surface area contributed by atoms with Crippen molar-refractivity contribution in [3.8, 4) is 0 Å². The molecule has 0 saturated heterocycles. The van der Waals surface area contributed by atoms with Gasteiger partial charge in [0.2, 0.25) is 0 Å². The fourth-order valence-electron chi connectivity index (χ4n) is 5.41. The molecule has 3 heteroatoms. The number of fused-ring (bicyclic) bond motifs is 1. The van der Waals surface area contributed by atoms with E-state index in [1.54, 1.807) is 0 Å². The average molecular weight is 396 g/mol. The van der Waals surface area contributed by atoms with E-state index in [9.17, 15) is 0 Å². The second-order valence-electron chi connectivity index (χ2n) is 9.45. The minimum absolute atomic E-state index is 0. The third-order valence-electron chi connectivity index (χ3n) is 7.20. The van der Waals surface area contributed by atoms with Gasteiger partial charge < -0.3 is 5.32 Å². The summed E-state index contributed by atoms with van der Waals surface area (Å²) in [5.41, 5.74) is 5.36. The summed E-state index contributed by atoms with van der Waals surface area (Å²) in [6.07, 6.45) is 25.0. The second-order valence-corrected chi connectivity index (χ2v) is 9.45. The van der Waals surface area contributed by atoms with Gasteiger partial charge in [-0.2, -0.15) is 5.10 Å². The van der Waals surface area contributed by atoms with Gasteiger partial charge in [-0.25, -0.2) is 0 Å². The monoisotopic (exact) mass is 395 g/mol. The topological polar surface area (TPSA) is 40.7 Å². The molecule has 160 valence electrons. The number of allylic oxidation sites excluding steroid dienone is 3. The van der Waals surface area contributed by atoms with Gasteiger partial charge in [-0.3, -0.25) is 5.10 Å². The zero-order valence-corrected chi connectivity index (χ0v) is 18.5. The maximum atomic E-state index is 4.65. The molecule has 0 bridgehead atoms. The Hall–Kier alpha value is -1.77. The van der Waals surface area contributed by atoms with Gasteiger partial charge in [-0.05, 0) is 51.5 Å². The first-order chi connectivity index (χ1) is 14.2. The third kappa shape index (κ3) is 4.87. The molecule has 29 heavy (non-hydrogen) atoms. The molecule has 1 aliphatic heterocycles. The Kier molecular flexibility index (Phi) is 6.94. The van der Waals surface area contributed by atoms with Gasteiger partial charge >= 0.3 is 0 Å². The summed E-state index contributed by atoms with van der Waals surface area (Å²) in [4.78, 5) is 0. The maximum Gasteiger partial charge on any atom is 0.0979 e. The van der Waals surface area contributed by atoms with Gasteiger partial charge in [0, 0.05) is 17.9 Å². The minimum atomic E-state index is 0. The molecule has 0 spiro atoms. The summed E-state index contributed by atoms with van der Waals surface area (Å²) in [7, 11) is 0. The number of nitrogens with zero attached hydrogens (tertiary/aromatic N) is 1. The molecule has 1 atom stereocenters. The molecule has 2 saturated carbocycles. The van der Waals surface area contributed by atoms with Crippen molar-refractivity contribution in [2.75, 3.05) is 0 Å². The van der Waals surface area contributed by atoms with Crippen LogP contribution in [0.4, 0.5) is 0 Å². The van der Waals surface area contributed by atoms with Crippen LogP contribution in [0, 0.1) is 5.92 Å². The Morgan fingerprint density at radius 2 is 1.59 bits per heavy atom. The highest BCUT2D eigenvalue weighted by atomic mass is 15.1. The second kappa shape index (κ2) is 9.82. The standard InChI is InChI=1S/C20H27N3.C6H12.H2/c1-13-7-6-10-18-19(13)20(23-22-18)16-11-12-17(21-14(16)2)15-8-4-3-5-9-15;1-2-4-6-5-3-1;/h10-12,14-15,21-22H,3-9H2,1-2H3;1-6H2;1H. The number of H-pyrrole nitrogens is 1. The van der Waals surface area contributed by atoms with Gasteiger partial charge in [0.15, 0.2) is 0 Å². The third-order valence-corrected chi connectivity index (χ3v) is 7.20. The number of hydrogen-bond donors (Lipinski definition) is 2. The normalized spacial score (nSPS) is 24.9. The van der Waals surface area contributed by atoms with Gasteiger partial charge in [-0.1, -0.05) is 75.5 Å². The maximum absolute atomic E-state index is 4.65. The molecule has 3 nitrogen and oxygen atoms in total. The number of hydrogen-bond acceptors (Lipinski definition) is 2. The van der Waals surface area contributed by atoms with Crippen molar-refractivity contribution in [3.05, 3.63) is 34.1 Å². The van der Waals surface area contributed by atoms with E-state index in [2.05, 4.69) is 47.6 Å². The van der Waals surface area contributed by atoms with Crippen LogP contribution in [-0.4, -0.2) is 16.2 Å². The van der Waals surface area contributed by atoms with Crippen LogP contribution in [0.3, 0.4) is 0 Å². The highest BCUT2D eigenvalue weighted by molar-refractivity contribution is 5.72. The van der Waals surface area contributed by atoms with Gasteiger partial charge in [0.1, 0.15) is 0 Å². The zero-order valence-electron chi connectivity index (χ0n) is 18.5. The lowest BCUT2D eigenvalue weighted by Crippen LogP contribution is -2.36. The number of aromatic nitrogens is 2. The van der Waals surface area contributed by atoms with Crippen LogP contribution < -0.4 is 15.9 Å². The van der Waals surface area contributed by atoms with Crippen LogP contribution in [-0.2, 0) is 0 Å². The Labute approximate surface area is 177 Å². The summed E-state index contributed by atoms with van der Waals surface area (Å²) < 4.78 is 0. The van der Waals surface area contributed by atoms with E-state index in [0.717, 1.165) is 24.5 Å². The van der Waals surface area contributed by atoms with Crippen LogP contribution in [0.2, 0.25) is 0 Å². The van der Waals surface area contributed by atoms with Crippen molar-refractivity contribution in [3.63, 3.8) is 0 Å². The lowest BCUT2D eigenvalue weighted by Gasteiger charge is -2.31. The minimum Gasteiger partial charge on any atom is -0.382 e. The summed E-state index contributed by atoms with van der Waals surface area (Å²) >= 11 is 0. The van der Waals surface area contributed by atoms with E-state index in [4.69, 9.17) is 0 Å². The highest BCUT2D eigenvalue weighted by Crippen LogP contribution is 2.31.